The van der Waals surface area contributed by atoms with Gasteiger partial charge in [0, 0.05) is 28.4 Å². The van der Waals surface area contributed by atoms with E-state index in [1.54, 1.807) is 7.11 Å². The Morgan fingerprint density at radius 1 is 0.868 bits per heavy atom. The molecule has 8 nitrogen and oxygen atoms in total. The number of ether oxygens (including phenoxy) is 1. The quantitative estimate of drug-likeness (QED) is 0.0906. The smallest absolute Gasteiger partial charge is 0.269 e. The molecule has 0 heterocycles. The Morgan fingerprint density at radius 2 is 1.58 bits per heavy atom. The maximum absolute atomic E-state index is 13.3. The Morgan fingerprint density at radius 3 is 2.29 bits per heavy atom. The fourth-order valence-corrected chi connectivity index (χ4v) is 4.90. The van der Waals surface area contributed by atoms with Crippen LogP contribution in [0.5, 0.6) is 5.75 Å². The van der Waals surface area contributed by atoms with E-state index in [2.05, 4.69) is 16.0 Å². The highest BCUT2D eigenvalue weighted by Gasteiger charge is 2.22. The lowest BCUT2D eigenvalue weighted by Crippen LogP contribution is -2.20. The van der Waals surface area contributed by atoms with Crippen molar-refractivity contribution in [3.8, 4) is 5.75 Å². The fraction of sp³-hybridized carbons (Fsp3) is 0.0714. The summed E-state index contributed by atoms with van der Waals surface area (Å²) in [4.78, 5) is 24.6. The van der Waals surface area contributed by atoms with Crippen molar-refractivity contribution in [3.05, 3.63) is 119 Å². The van der Waals surface area contributed by atoms with Crippen molar-refractivity contribution in [2.24, 2.45) is 0 Å². The van der Waals surface area contributed by atoms with Gasteiger partial charge < -0.3 is 20.7 Å². The number of thioether (sulfide) groups is 1. The van der Waals surface area contributed by atoms with Crippen molar-refractivity contribution in [2.45, 2.75) is 10.1 Å². The number of thiocarbonyl (C=S) groups is 1. The van der Waals surface area contributed by atoms with Gasteiger partial charge in [-0.15, -0.1) is 11.8 Å². The highest BCUT2D eigenvalue weighted by molar-refractivity contribution is 8.00. The zero-order valence-corrected chi connectivity index (χ0v) is 21.9. The van der Waals surface area contributed by atoms with Crippen LogP contribution in [0.2, 0.25) is 0 Å². The molecule has 0 saturated heterocycles. The molecule has 3 N–H and O–H groups in total. The summed E-state index contributed by atoms with van der Waals surface area (Å²) in [7, 11) is 1.60. The SMILES string of the molecule is COc1ccccc1NC(=S)Nc1cccc(SC(C(=O)Nc2ccc([N+](=O)[O-])cc2)c2ccccc2)c1. The first-order valence-corrected chi connectivity index (χ1v) is 12.8. The minimum absolute atomic E-state index is 0.0422. The predicted molar refractivity (Wildman–Crippen MR) is 156 cm³/mol. The number of nitrogens with one attached hydrogen (secondary N) is 3. The second kappa shape index (κ2) is 12.7. The Labute approximate surface area is 229 Å². The summed E-state index contributed by atoms with van der Waals surface area (Å²) >= 11 is 6.87. The number of anilines is 3. The van der Waals surface area contributed by atoms with Gasteiger partial charge in [0.25, 0.3) is 5.69 Å². The van der Waals surface area contributed by atoms with Gasteiger partial charge in [-0.25, -0.2) is 0 Å². The van der Waals surface area contributed by atoms with Crippen LogP contribution in [0.15, 0.2) is 108 Å². The number of nitro groups is 1. The summed E-state index contributed by atoms with van der Waals surface area (Å²) in [5, 5.41) is 19.9. The zero-order chi connectivity index (χ0) is 26.9. The van der Waals surface area contributed by atoms with E-state index in [0.29, 0.717) is 16.5 Å². The summed E-state index contributed by atoms with van der Waals surface area (Å²) < 4.78 is 5.36. The molecule has 0 saturated carbocycles. The van der Waals surface area contributed by atoms with Gasteiger partial charge in [-0.2, -0.15) is 0 Å². The van der Waals surface area contributed by atoms with Crippen molar-refractivity contribution < 1.29 is 14.5 Å². The average molecular weight is 545 g/mol. The molecule has 0 fully saturated rings. The summed E-state index contributed by atoms with van der Waals surface area (Å²) in [5.41, 5.74) is 2.75. The summed E-state index contributed by atoms with van der Waals surface area (Å²) in [6.07, 6.45) is 0. The first-order valence-electron chi connectivity index (χ1n) is 11.5. The van der Waals surface area contributed by atoms with Gasteiger partial charge in [-0.1, -0.05) is 48.5 Å². The van der Waals surface area contributed by atoms with Crippen LogP contribution in [0.4, 0.5) is 22.7 Å². The molecule has 10 heteroatoms. The van der Waals surface area contributed by atoms with Crippen molar-refractivity contribution in [2.75, 3.05) is 23.1 Å². The van der Waals surface area contributed by atoms with Crippen LogP contribution in [0, 0.1) is 10.1 Å². The summed E-state index contributed by atoms with van der Waals surface area (Å²) in [6, 6.07) is 30.2. The van der Waals surface area contributed by atoms with Gasteiger partial charge in [-0.05, 0) is 60.2 Å². The van der Waals surface area contributed by atoms with Crippen LogP contribution in [0.3, 0.4) is 0 Å². The lowest BCUT2D eigenvalue weighted by atomic mass is 10.1. The number of hydrogen-bond donors (Lipinski definition) is 3. The van der Waals surface area contributed by atoms with Crippen LogP contribution in [0.25, 0.3) is 0 Å². The van der Waals surface area contributed by atoms with E-state index >= 15 is 0 Å². The van der Waals surface area contributed by atoms with Crippen molar-refractivity contribution in [1.82, 2.24) is 0 Å². The number of carbonyl (C=O) groups is 1. The molecule has 0 aliphatic carbocycles. The third-order valence-electron chi connectivity index (χ3n) is 5.39. The topological polar surface area (TPSA) is 106 Å². The van der Waals surface area contributed by atoms with Gasteiger partial charge >= 0.3 is 0 Å². The number of benzene rings is 4. The van der Waals surface area contributed by atoms with Crippen LogP contribution in [-0.2, 0) is 4.79 Å². The van der Waals surface area contributed by atoms with Gasteiger partial charge in [0.1, 0.15) is 11.0 Å². The molecule has 38 heavy (non-hydrogen) atoms. The highest BCUT2D eigenvalue weighted by atomic mass is 32.2. The van der Waals surface area contributed by atoms with E-state index in [0.717, 1.165) is 21.8 Å². The van der Waals surface area contributed by atoms with E-state index in [1.807, 2.05) is 78.9 Å². The van der Waals surface area contributed by atoms with Crippen LogP contribution in [0.1, 0.15) is 10.8 Å². The number of carbonyl (C=O) groups excluding carboxylic acids is 1. The van der Waals surface area contributed by atoms with E-state index in [1.165, 1.54) is 36.0 Å². The van der Waals surface area contributed by atoms with E-state index in [-0.39, 0.29) is 11.6 Å². The molecular formula is C28H24N4O4S2. The molecule has 0 bridgehead atoms. The third-order valence-corrected chi connectivity index (χ3v) is 6.84. The first kappa shape index (κ1) is 26.6. The van der Waals surface area contributed by atoms with Crippen molar-refractivity contribution in [1.29, 1.82) is 0 Å². The van der Waals surface area contributed by atoms with Gasteiger partial charge in [0.05, 0.1) is 17.7 Å². The van der Waals surface area contributed by atoms with E-state index in [9.17, 15) is 14.9 Å². The maximum atomic E-state index is 13.3. The number of methoxy groups -OCH3 is 1. The Kier molecular flexibility index (Phi) is 8.91. The van der Waals surface area contributed by atoms with Crippen molar-refractivity contribution >= 4 is 57.7 Å². The number of amides is 1. The van der Waals surface area contributed by atoms with Gasteiger partial charge in [0.2, 0.25) is 5.91 Å². The monoisotopic (exact) mass is 544 g/mol. The average Bonchev–Trinajstić information content (AvgIpc) is 2.93. The lowest BCUT2D eigenvalue weighted by molar-refractivity contribution is -0.384. The number of non-ortho nitro benzene ring substituents is 1. The highest BCUT2D eigenvalue weighted by Crippen LogP contribution is 2.37. The molecule has 0 aromatic heterocycles. The second-order valence-electron chi connectivity index (χ2n) is 8.01. The molecule has 0 radical (unpaired) electrons. The zero-order valence-electron chi connectivity index (χ0n) is 20.3. The first-order chi connectivity index (χ1) is 18.4. The van der Waals surface area contributed by atoms with Crippen LogP contribution >= 0.6 is 24.0 Å². The summed E-state index contributed by atoms with van der Waals surface area (Å²) in [5.74, 6) is 0.424. The number of hydrogen-bond acceptors (Lipinski definition) is 6. The minimum Gasteiger partial charge on any atom is -0.495 e. The minimum atomic E-state index is -0.569. The normalized spacial score (nSPS) is 11.2. The largest absolute Gasteiger partial charge is 0.495 e. The fourth-order valence-electron chi connectivity index (χ4n) is 3.59. The number of para-hydroxylation sites is 2. The van der Waals surface area contributed by atoms with Gasteiger partial charge in [0.15, 0.2) is 5.11 Å². The lowest BCUT2D eigenvalue weighted by Gasteiger charge is -2.18. The molecule has 0 spiro atoms. The molecule has 4 aromatic carbocycles. The molecule has 192 valence electrons. The van der Waals surface area contributed by atoms with Gasteiger partial charge in [-0.3, -0.25) is 14.9 Å². The molecule has 0 aliphatic heterocycles. The third kappa shape index (κ3) is 7.09. The molecule has 4 rings (SSSR count). The summed E-state index contributed by atoms with van der Waals surface area (Å²) in [6.45, 7) is 0. The molecule has 1 unspecified atom stereocenters. The number of rotatable bonds is 9. The standard InChI is InChI=1S/C28H24N4O4S2/c1-36-25-13-6-5-12-24(25)31-28(37)30-21-10-7-11-23(18-21)38-26(19-8-3-2-4-9-19)27(33)29-20-14-16-22(17-15-20)32(34)35/h2-18,26H,1H3,(H,29,33)(H2,30,31,37). The maximum Gasteiger partial charge on any atom is 0.269 e. The molecule has 4 aromatic rings. The molecular weight excluding hydrogens is 520 g/mol. The van der Waals surface area contributed by atoms with Crippen LogP contribution in [-0.4, -0.2) is 23.1 Å². The number of nitro benzene ring substituents is 1. The Hall–Kier alpha value is -4.41. The van der Waals surface area contributed by atoms with E-state index in [4.69, 9.17) is 17.0 Å². The molecule has 1 amide bonds. The van der Waals surface area contributed by atoms with Crippen molar-refractivity contribution in [3.63, 3.8) is 0 Å². The van der Waals surface area contributed by atoms with E-state index < -0.39 is 10.2 Å². The number of nitrogens with zero attached hydrogens (tertiary/aromatic N) is 1. The second-order valence-corrected chi connectivity index (χ2v) is 9.60. The predicted octanol–water partition coefficient (Wildman–Crippen LogP) is 6.88. The van der Waals surface area contributed by atoms with Crippen LogP contribution < -0.4 is 20.7 Å². The Balaban J connectivity index is 1.49. The molecule has 0 aliphatic rings. The molecule has 1 atom stereocenters. The Bertz CT molecular complexity index is 1430.